The third-order valence-corrected chi connectivity index (χ3v) is 9.75. The number of imide groups is 1. The number of urea groups is 1. The maximum absolute atomic E-state index is 12.7. The summed E-state index contributed by atoms with van der Waals surface area (Å²) in [5.74, 6) is 1.56. The maximum Gasteiger partial charge on any atom is 0.325 e. The van der Waals surface area contributed by atoms with Crippen LogP contribution in [0, 0.1) is 17.3 Å². The molecule has 0 bridgehead atoms. The van der Waals surface area contributed by atoms with E-state index in [2.05, 4.69) is 45.3 Å². The molecule has 1 spiro atoms. The lowest BCUT2D eigenvalue weighted by molar-refractivity contribution is -0.132. The Morgan fingerprint density at radius 3 is 2.07 bits per heavy atom. The fourth-order valence-electron chi connectivity index (χ4n) is 5.69. The Labute approximate surface area is 261 Å². The third-order valence-electron chi connectivity index (χ3n) is 8.55. The van der Waals surface area contributed by atoms with E-state index in [0.29, 0.717) is 56.4 Å². The summed E-state index contributed by atoms with van der Waals surface area (Å²) in [6.45, 7) is 14.5. The Bertz CT molecular complexity index is 1130. The van der Waals surface area contributed by atoms with Crippen molar-refractivity contribution in [2.24, 2.45) is 17.3 Å². The number of rotatable bonds is 4. The smallest absolute Gasteiger partial charge is 0.325 e. The molecule has 5 rings (SSSR count). The van der Waals surface area contributed by atoms with E-state index in [4.69, 9.17) is 0 Å². The second-order valence-electron chi connectivity index (χ2n) is 13.6. The summed E-state index contributed by atoms with van der Waals surface area (Å²) in [6.07, 6.45) is 11.0. The van der Waals surface area contributed by atoms with Crippen LogP contribution in [0.1, 0.15) is 66.7 Å². The minimum absolute atomic E-state index is 0.0198. The van der Waals surface area contributed by atoms with Crippen molar-refractivity contribution in [2.75, 3.05) is 39.0 Å². The summed E-state index contributed by atoms with van der Waals surface area (Å²) in [5, 5.41) is 6.14. The molecule has 3 unspecified atom stereocenters. The van der Waals surface area contributed by atoms with Gasteiger partial charge in [-0.25, -0.2) is 4.79 Å². The number of hydrogen-bond acceptors (Lipinski definition) is 5. The lowest BCUT2D eigenvalue weighted by Crippen LogP contribution is -2.53. The number of likely N-dealkylation sites (tertiary alicyclic amines) is 1. The van der Waals surface area contributed by atoms with Crippen LogP contribution >= 0.6 is 0 Å². The number of carbonyl (C=O) groups excluding carboxylic acids is 3. The first-order valence-corrected chi connectivity index (χ1v) is 17.2. The van der Waals surface area contributed by atoms with Gasteiger partial charge in [-0.15, -0.1) is 0 Å². The fraction of sp³-hybridized carbons (Fsp3) is 0.618. The molecule has 43 heavy (non-hydrogen) atoms. The Kier molecular flexibility index (Phi) is 12.8. The van der Waals surface area contributed by atoms with Crippen molar-refractivity contribution in [3.63, 3.8) is 0 Å². The van der Waals surface area contributed by atoms with Crippen LogP contribution in [0.25, 0.3) is 0 Å². The topological polar surface area (TPSA) is 98.8 Å². The zero-order valence-electron chi connectivity index (χ0n) is 26.9. The molecule has 1 aromatic rings. The normalized spacial score (nSPS) is 25.5. The van der Waals surface area contributed by atoms with Crippen LogP contribution in [0.15, 0.2) is 60.2 Å². The van der Waals surface area contributed by atoms with Gasteiger partial charge in [-0.3, -0.25) is 18.7 Å². The Balaban J connectivity index is 0.000000213. The predicted octanol–water partition coefficient (Wildman–Crippen LogP) is 4.91. The van der Waals surface area contributed by atoms with Gasteiger partial charge in [0.1, 0.15) is 5.54 Å². The minimum Gasteiger partial charge on any atom is -0.342 e. The number of nitrogens with one attached hydrogen (secondary N) is 2. The van der Waals surface area contributed by atoms with Gasteiger partial charge < -0.3 is 15.5 Å². The molecular weight excluding hydrogens is 560 g/mol. The highest BCUT2D eigenvalue weighted by molar-refractivity contribution is 7.85. The zero-order chi connectivity index (χ0) is 31.6. The highest BCUT2D eigenvalue weighted by Gasteiger charge is 2.51. The highest BCUT2D eigenvalue weighted by Crippen LogP contribution is 2.29. The first-order valence-electron chi connectivity index (χ1n) is 15.6. The standard InChI is InChI=1S/C16H23N3O3S.C12H23NO.C6H6/c1-23(22)13-4-2-3-12(5-6-13)11-19-14(20)16(18-15(19)21)7-9-17-10-8-16;1-9-7-13(8-10(9)2)11(14)6-12(3,4)5;1-2-4-6-5-3-1/h2,4-5,13,17H,3,6-11H2,1H3,(H,18,21);9-10H,6-8H2,1-5H3;1-6H/t;9-,10?;/m.0./s1. The van der Waals surface area contributed by atoms with Crippen molar-refractivity contribution < 1.29 is 18.6 Å². The van der Waals surface area contributed by atoms with Crippen LogP contribution in [-0.2, 0) is 20.4 Å². The Morgan fingerprint density at radius 1 is 1.00 bits per heavy atom. The van der Waals surface area contributed by atoms with Gasteiger partial charge in [0.25, 0.3) is 5.91 Å². The molecule has 3 fully saturated rings. The molecule has 1 aromatic carbocycles. The number of amides is 4. The van der Waals surface area contributed by atoms with E-state index < -0.39 is 16.3 Å². The van der Waals surface area contributed by atoms with Crippen molar-refractivity contribution in [3.05, 3.63) is 60.2 Å². The molecule has 0 radical (unpaired) electrons. The maximum atomic E-state index is 12.7. The third kappa shape index (κ3) is 10.4. The van der Waals surface area contributed by atoms with Gasteiger partial charge in [0, 0.05) is 36.6 Å². The van der Waals surface area contributed by atoms with Gasteiger partial charge in [0.15, 0.2) is 0 Å². The molecule has 4 amide bonds. The van der Waals surface area contributed by atoms with Crippen LogP contribution in [0.2, 0.25) is 0 Å². The van der Waals surface area contributed by atoms with E-state index in [-0.39, 0.29) is 22.6 Å². The van der Waals surface area contributed by atoms with E-state index in [1.165, 1.54) is 4.90 Å². The highest BCUT2D eigenvalue weighted by atomic mass is 32.2. The molecule has 4 aliphatic rings. The van der Waals surface area contributed by atoms with Crippen molar-refractivity contribution in [1.29, 1.82) is 0 Å². The average Bonchev–Trinajstić information content (AvgIpc) is 3.28. The van der Waals surface area contributed by atoms with E-state index in [9.17, 15) is 18.6 Å². The van der Waals surface area contributed by atoms with E-state index in [1.807, 2.05) is 59.5 Å². The van der Waals surface area contributed by atoms with Crippen LogP contribution < -0.4 is 10.6 Å². The summed E-state index contributed by atoms with van der Waals surface area (Å²) in [6, 6.07) is 11.7. The molecule has 4 atom stereocenters. The predicted molar refractivity (Wildman–Crippen MR) is 175 cm³/mol. The molecule has 2 N–H and O–H groups in total. The number of piperidine rings is 1. The molecular formula is C34H52N4O4S. The van der Waals surface area contributed by atoms with Crippen molar-refractivity contribution in [1.82, 2.24) is 20.4 Å². The van der Waals surface area contributed by atoms with Crippen LogP contribution in [0.3, 0.4) is 0 Å². The molecule has 3 saturated heterocycles. The molecule has 238 valence electrons. The molecule has 0 saturated carbocycles. The molecule has 9 heteroatoms. The number of carbonyl (C=O) groups is 3. The minimum atomic E-state index is -0.903. The first-order chi connectivity index (χ1) is 20.3. The molecule has 3 heterocycles. The summed E-state index contributed by atoms with van der Waals surface area (Å²) in [4.78, 5) is 40.3. The zero-order valence-corrected chi connectivity index (χ0v) is 27.8. The van der Waals surface area contributed by atoms with Gasteiger partial charge in [-0.05, 0) is 56.0 Å². The van der Waals surface area contributed by atoms with Crippen LogP contribution in [-0.4, -0.2) is 81.6 Å². The number of hydrogen-bond donors (Lipinski definition) is 2. The largest absolute Gasteiger partial charge is 0.342 e. The van der Waals surface area contributed by atoms with Gasteiger partial charge in [0.2, 0.25) is 5.91 Å². The lowest BCUT2D eigenvalue weighted by atomic mass is 9.88. The Hall–Kier alpha value is -2.78. The van der Waals surface area contributed by atoms with Gasteiger partial charge in [-0.2, -0.15) is 0 Å². The average molecular weight is 613 g/mol. The van der Waals surface area contributed by atoms with E-state index >= 15 is 0 Å². The Morgan fingerprint density at radius 2 is 1.56 bits per heavy atom. The van der Waals surface area contributed by atoms with Gasteiger partial charge >= 0.3 is 6.03 Å². The summed E-state index contributed by atoms with van der Waals surface area (Å²) in [7, 11) is -0.903. The SMILES string of the molecule is CC1CN(C(=O)CC(C)(C)C)C[C@@H]1C.CS(=O)C1C=CCC(CN2C(=O)NC3(CCNCC3)C2=O)=CC1.c1ccccc1. The van der Waals surface area contributed by atoms with E-state index in [1.54, 1.807) is 6.26 Å². The molecule has 0 aromatic heterocycles. The first kappa shape index (κ1) is 34.7. The van der Waals surface area contributed by atoms with E-state index in [0.717, 1.165) is 31.8 Å². The summed E-state index contributed by atoms with van der Waals surface area (Å²) < 4.78 is 11.6. The quantitative estimate of drug-likeness (QED) is 0.372. The monoisotopic (exact) mass is 612 g/mol. The van der Waals surface area contributed by atoms with Crippen molar-refractivity contribution in [3.8, 4) is 0 Å². The van der Waals surface area contributed by atoms with Crippen LogP contribution in [0.4, 0.5) is 4.79 Å². The molecule has 3 aliphatic heterocycles. The second kappa shape index (κ2) is 15.8. The summed E-state index contributed by atoms with van der Waals surface area (Å²) >= 11 is 0. The van der Waals surface area contributed by atoms with Crippen LogP contribution in [0.5, 0.6) is 0 Å². The number of nitrogens with zero attached hydrogens (tertiary/aromatic N) is 2. The van der Waals surface area contributed by atoms with Crippen molar-refractivity contribution >= 4 is 28.6 Å². The van der Waals surface area contributed by atoms with Gasteiger partial charge in [-0.1, -0.05) is 94.8 Å². The number of allylic oxidation sites excluding steroid dienone is 2. The molecule has 1 aliphatic carbocycles. The second-order valence-corrected chi connectivity index (χ2v) is 15.2. The lowest BCUT2D eigenvalue weighted by Gasteiger charge is -2.31. The fourth-order valence-corrected chi connectivity index (χ4v) is 6.39. The van der Waals surface area contributed by atoms with Gasteiger partial charge in [0.05, 0.1) is 11.8 Å². The van der Waals surface area contributed by atoms with Crippen molar-refractivity contribution in [2.45, 2.75) is 77.5 Å². The summed E-state index contributed by atoms with van der Waals surface area (Å²) in [5.41, 5.74) is 0.437. The molecule has 8 nitrogen and oxygen atoms in total. The number of benzene rings is 1.